The zero-order valence-corrected chi connectivity index (χ0v) is 13.7. The fraction of sp³-hybridized carbons (Fsp3) is 0.938. The fourth-order valence-corrected chi connectivity index (χ4v) is 2.30. The zero-order chi connectivity index (χ0) is 15.0. The van der Waals surface area contributed by atoms with Gasteiger partial charge in [-0.1, -0.05) is 20.8 Å². The van der Waals surface area contributed by atoms with Gasteiger partial charge in [0.05, 0.1) is 6.61 Å². The van der Waals surface area contributed by atoms with Gasteiger partial charge in [0, 0.05) is 12.6 Å². The van der Waals surface area contributed by atoms with E-state index in [1.807, 2.05) is 6.92 Å². The van der Waals surface area contributed by atoms with E-state index in [2.05, 4.69) is 31.0 Å². The molecule has 1 aliphatic rings. The van der Waals surface area contributed by atoms with Crippen LogP contribution >= 0.6 is 0 Å². The van der Waals surface area contributed by atoms with E-state index in [0.717, 1.165) is 26.1 Å². The van der Waals surface area contributed by atoms with E-state index >= 15 is 0 Å². The largest absolute Gasteiger partial charge is 0.465 e. The maximum atomic E-state index is 12.1. The lowest BCUT2D eigenvalue weighted by molar-refractivity contribution is -0.146. The molecular formula is C16H32N2O2. The van der Waals surface area contributed by atoms with Gasteiger partial charge in [-0.15, -0.1) is 0 Å². The van der Waals surface area contributed by atoms with Gasteiger partial charge in [-0.2, -0.15) is 0 Å². The van der Waals surface area contributed by atoms with Gasteiger partial charge in [-0.05, 0) is 51.6 Å². The van der Waals surface area contributed by atoms with Crippen molar-refractivity contribution in [1.82, 2.24) is 10.2 Å². The predicted molar refractivity (Wildman–Crippen MR) is 82.8 cm³/mol. The van der Waals surface area contributed by atoms with Crippen molar-refractivity contribution in [1.29, 1.82) is 0 Å². The summed E-state index contributed by atoms with van der Waals surface area (Å²) in [6.07, 6.45) is 4.79. The second-order valence-corrected chi connectivity index (χ2v) is 6.17. The van der Waals surface area contributed by atoms with Crippen LogP contribution in [0.3, 0.4) is 0 Å². The molecule has 1 aliphatic carbocycles. The molecule has 0 bridgehead atoms. The Morgan fingerprint density at radius 2 is 2.05 bits per heavy atom. The monoisotopic (exact) mass is 284 g/mol. The van der Waals surface area contributed by atoms with Crippen molar-refractivity contribution < 1.29 is 9.53 Å². The van der Waals surface area contributed by atoms with E-state index in [4.69, 9.17) is 4.74 Å². The van der Waals surface area contributed by atoms with Crippen LogP contribution in [0.4, 0.5) is 0 Å². The highest BCUT2D eigenvalue weighted by molar-refractivity contribution is 5.76. The molecule has 0 spiro atoms. The molecule has 20 heavy (non-hydrogen) atoms. The summed E-state index contributed by atoms with van der Waals surface area (Å²) in [6.45, 7) is 11.7. The Morgan fingerprint density at radius 1 is 1.35 bits per heavy atom. The molecule has 1 unspecified atom stereocenters. The molecule has 1 saturated carbocycles. The quantitative estimate of drug-likeness (QED) is 0.592. The van der Waals surface area contributed by atoms with E-state index < -0.39 is 0 Å². The first-order valence-corrected chi connectivity index (χ1v) is 8.22. The van der Waals surface area contributed by atoms with Crippen molar-refractivity contribution in [2.24, 2.45) is 5.92 Å². The number of hydrogen-bond acceptors (Lipinski definition) is 4. The third-order valence-corrected chi connectivity index (χ3v) is 3.69. The van der Waals surface area contributed by atoms with Gasteiger partial charge in [0.25, 0.3) is 0 Å². The first kappa shape index (κ1) is 17.4. The summed E-state index contributed by atoms with van der Waals surface area (Å²) >= 11 is 0. The molecule has 0 heterocycles. The van der Waals surface area contributed by atoms with Crippen molar-refractivity contribution >= 4 is 5.97 Å². The smallest absolute Gasteiger partial charge is 0.324 e. The Hall–Kier alpha value is -0.610. The standard InChI is InChI=1S/C16H32N2O2/c1-5-10-17-15(16(19)20-6-2)12-18(14-7-8-14)11-9-13(3)4/h13-15,17H,5-12H2,1-4H3. The maximum absolute atomic E-state index is 12.1. The van der Waals surface area contributed by atoms with Crippen LogP contribution in [0.5, 0.6) is 0 Å². The minimum atomic E-state index is -0.178. The van der Waals surface area contributed by atoms with Gasteiger partial charge in [-0.3, -0.25) is 9.69 Å². The first-order valence-electron chi connectivity index (χ1n) is 8.22. The van der Waals surface area contributed by atoms with Crippen LogP contribution < -0.4 is 5.32 Å². The van der Waals surface area contributed by atoms with Crippen LogP contribution in [0.1, 0.15) is 53.4 Å². The molecule has 4 nitrogen and oxygen atoms in total. The van der Waals surface area contributed by atoms with Crippen LogP contribution in [0, 0.1) is 5.92 Å². The average Bonchev–Trinajstić information content (AvgIpc) is 3.22. The van der Waals surface area contributed by atoms with Gasteiger partial charge in [0.2, 0.25) is 0 Å². The predicted octanol–water partition coefficient (Wildman–Crippen LogP) is 2.43. The summed E-state index contributed by atoms with van der Waals surface area (Å²) in [5, 5.41) is 3.34. The Labute approximate surface area is 124 Å². The minimum absolute atomic E-state index is 0.101. The van der Waals surface area contributed by atoms with Crippen LogP contribution in [0.15, 0.2) is 0 Å². The van der Waals surface area contributed by atoms with E-state index in [9.17, 15) is 4.79 Å². The first-order chi connectivity index (χ1) is 9.58. The Balaban J connectivity index is 2.51. The molecule has 0 amide bonds. The van der Waals surface area contributed by atoms with Crippen LogP contribution in [0.2, 0.25) is 0 Å². The number of carbonyl (C=O) groups excluding carboxylic acids is 1. The summed E-state index contributed by atoms with van der Waals surface area (Å²) in [7, 11) is 0. The Bertz CT molecular complexity index is 278. The van der Waals surface area contributed by atoms with Crippen LogP contribution in [-0.2, 0) is 9.53 Å². The number of esters is 1. The number of rotatable bonds is 11. The highest BCUT2D eigenvalue weighted by Crippen LogP contribution is 2.27. The summed E-state index contributed by atoms with van der Waals surface area (Å²) in [4.78, 5) is 14.5. The summed E-state index contributed by atoms with van der Waals surface area (Å²) in [5.41, 5.74) is 0. The minimum Gasteiger partial charge on any atom is -0.465 e. The van der Waals surface area contributed by atoms with Crippen molar-refractivity contribution in [3.8, 4) is 0 Å². The maximum Gasteiger partial charge on any atom is 0.324 e. The van der Waals surface area contributed by atoms with Crippen LogP contribution in [0.25, 0.3) is 0 Å². The van der Waals surface area contributed by atoms with Crippen molar-refractivity contribution in [3.05, 3.63) is 0 Å². The fourth-order valence-electron chi connectivity index (χ4n) is 2.30. The molecule has 4 heteroatoms. The number of ether oxygens (including phenoxy) is 1. The second-order valence-electron chi connectivity index (χ2n) is 6.17. The molecule has 0 aromatic rings. The normalized spacial score (nSPS) is 16.7. The number of nitrogens with one attached hydrogen (secondary N) is 1. The van der Waals surface area contributed by atoms with Crippen molar-refractivity contribution in [2.45, 2.75) is 65.5 Å². The molecule has 0 aliphatic heterocycles. The van der Waals surface area contributed by atoms with E-state index in [1.165, 1.54) is 19.3 Å². The molecule has 1 fully saturated rings. The summed E-state index contributed by atoms with van der Waals surface area (Å²) in [6, 6.07) is 0.511. The third kappa shape index (κ3) is 6.71. The lowest BCUT2D eigenvalue weighted by Gasteiger charge is -2.27. The lowest BCUT2D eigenvalue weighted by Crippen LogP contribution is -2.48. The lowest BCUT2D eigenvalue weighted by atomic mass is 10.1. The number of nitrogens with zero attached hydrogens (tertiary/aromatic N) is 1. The number of carbonyl (C=O) groups is 1. The Morgan fingerprint density at radius 3 is 2.55 bits per heavy atom. The molecule has 1 N–H and O–H groups in total. The molecule has 0 aromatic carbocycles. The molecule has 1 atom stereocenters. The van der Waals surface area contributed by atoms with Gasteiger partial charge in [-0.25, -0.2) is 0 Å². The van der Waals surface area contributed by atoms with Crippen molar-refractivity contribution in [3.63, 3.8) is 0 Å². The molecule has 0 radical (unpaired) electrons. The summed E-state index contributed by atoms with van der Waals surface area (Å²) in [5.74, 6) is 0.608. The zero-order valence-electron chi connectivity index (χ0n) is 13.7. The molecule has 0 saturated heterocycles. The molecule has 0 aromatic heterocycles. The van der Waals surface area contributed by atoms with Gasteiger partial charge in [0.15, 0.2) is 0 Å². The van der Waals surface area contributed by atoms with Gasteiger partial charge in [0.1, 0.15) is 6.04 Å². The highest BCUT2D eigenvalue weighted by atomic mass is 16.5. The highest BCUT2D eigenvalue weighted by Gasteiger charge is 2.32. The van der Waals surface area contributed by atoms with E-state index in [1.54, 1.807) is 0 Å². The van der Waals surface area contributed by atoms with E-state index in [-0.39, 0.29) is 12.0 Å². The molecule has 118 valence electrons. The topological polar surface area (TPSA) is 41.6 Å². The SMILES string of the molecule is CCCNC(CN(CCC(C)C)C1CC1)C(=O)OCC. The number of hydrogen-bond donors (Lipinski definition) is 1. The van der Waals surface area contributed by atoms with Gasteiger partial charge < -0.3 is 10.1 Å². The Kier molecular flexibility index (Phi) is 8.15. The average molecular weight is 284 g/mol. The van der Waals surface area contributed by atoms with Crippen molar-refractivity contribution in [2.75, 3.05) is 26.2 Å². The molecular weight excluding hydrogens is 252 g/mol. The second kappa shape index (κ2) is 9.35. The summed E-state index contributed by atoms with van der Waals surface area (Å²) < 4.78 is 5.20. The molecule has 1 rings (SSSR count). The van der Waals surface area contributed by atoms with Crippen LogP contribution in [-0.4, -0.2) is 49.2 Å². The van der Waals surface area contributed by atoms with E-state index in [0.29, 0.717) is 18.6 Å². The van der Waals surface area contributed by atoms with Gasteiger partial charge >= 0.3 is 5.97 Å². The third-order valence-electron chi connectivity index (χ3n) is 3.69.